The molecule has 0 bridgehead atoms. The summed E-state index contributed by atoms with van der Waals surface area (Å²) in [5.41, 5.74) is 2.76. The third-order valence-corrected chi connectivity index (χ3v) is 6.00. The highest BCUT2D eigenvalue weighted by Crippen LogP contribution is 2.32. The molecule has 0 unspecified atom stereocenters. The highest BCUT2D eigenvalue weighted by atomic mass is 32.1. The summed E-state index contributed by atoms with van der Waals surface area (Å²) in [6.07, 6.45) is 1.66. The average Bonchev–Trinajstić information content (AvgIpc) is 3.41. The number of carbonyl (C=O) groups is 1. The van der Waals surface area contributed by atoms with E-state index >= 15 is 0 Å². The van der Waals surface area contributed by atoms with Crippen LogP contribution in [-0.4, -0.2) is 29.5 Å². The van der Waals surface area contributed by atoms with Crippen molar-refractivity contribution in [2.24, 2.45) is 0 Å². The fourth-order valence-electron chi connectivity index (χ4n) is 3.37. The van der Waals surface area contributed by atoms with Crippen molar-refractivity contribution in [2.45, 2.75) is 0 Å². The van der Waals surface area contributed by atoms with E-state index in [4.69, 9.17) is 9.47 Å². The van der Waals surface area contributed by atoms with Crippen LogP contribution in [0.4, 0.5) is 11.4 Å². The molecular formula is C27H20N4O5S. The number of ether oxygens (including phenoxy) is 2. The van der Waals surface area contributed by atoms with Gasteiger partial charge in [-0.2, -0.15) is 5.26 Å². The second-order valence-electron chi connectivity index (χ2n) is 7.63. The zero-order valence-electron chi connectivity index (χ0n) is 19.6. The van der Waals surface area contributed by atoms with E-state index < -0.39 is 4.92 Å². The van der Waals surface area contributed by atoms with E-state index in [9.17, 15) is 20.2 Å². The molecule has 0 aliphatic carbocycles. The van der Waals surface area contributed by atoms with Crippen LogP contribution in [0.25, 0.3) is 22.9 Å². The number of nitriles is 1. The topological polar surface area (TPSA) is 127 Å². The predicted octanol–water partition coefficient (Wildman–Crippen LogP) is 5.81. The van der Waals surface area contributed by atoms with Gasteiger partial charge in [-0.25, -0.2) is 4.98 Å². The summed E-state index contributed by atoms with van der Waals surface area (Å²) in [4.78, 5) is 27.3. The Morgan fingerprint density at radius 3 is 2.68 bits per heavy atom. The van der Waals surface area contributed by atoms with Gasteiger partial charge in [-0.05, 0) is 35.9 Å². The van der Waals surface area contributed by atoms with Crippen LogP contribution in [0.2, 0.25) is 0 Å². The lowest BCUT2D eigenvalue weighted by Crippen LogP contribution is -2.20. The number of thiazole rings is 1. The Labute approximate surface area is 216 Å². The van der Waals surface area contributed by atoms with Crippen molar-refractivity contribution < 1.29 is 19.2 Å². The number of hydrogen-bond donors (Lipinski definition) is 1. The highest BCUT2D eigenvalue weighted by molar-refractivity contribution is 7.11. The highest BCUT2D eigenvalue weighted by Gasteiger charge is 2.13. The van der Waals surface area contributed by atoms with E-state index in [1.54, 1.807) is 53.9 Å². The first kappa shape index (κ1) is 25.1. The summed E-state index contributed by atoms with van der Waals surface area (Å²) >= 11 is 1.26. The first-order valence-corrected chi connectivity index (χ1v) is 11.8. The number of nitro benzene ring substituents is 1. The molecule has 1 N–H and O–H groups in total. The minimum atomic E-state index is -0.464. The van der Waals surface area contributed by atoms with Gasteiger partial charge in [0.2, 0.25) is 0 Å². The summed E-state index contributed by atoms with van der Waals surface area (Å²) in [5, 5.41) is 25.8. The van der Waals surface area contributed by atoms with E-state index in [0.717, 1.165) is 0 Å². The molecule has 0 saturated carbocycles. The number of hydrogen-bond acceptors (Lipinski definition) is 8. The van der Waals surface area contributed by atoms with Gasteiger partial charge in [-0.3, -0.25) is 14.9 Å². The van der Waals surface area contributed by atoms with E-state index in [0.29, 0.717) is 44.6 Å². The first-order valence-electron chi connectivity index (χ1n) is 10.9. The van der Waals surface area contributed by atoms with Gasteiger partial charge in [0.05, 0.1) is 23.3 Å². The van der Waals surface area contributed by atoms with Gasteiger partial charge in [0.25, 0.3) is 11.6 Å². The van der Waals surface area contributed by atoms with Crippen molar-refractivity contribution in [3.63, 3.8) is 0 Å². The van der Waals surface area contributed by atoms with Crippen LogP contribution >= 0.6 is 11.3 Å². The zero-order valence-corrected chi connectivity index (χ0v) is 20.4. The Balaban J connectivity index is 1.49. The number of nitrogens with zero attached hydrogens (tertiary/aromatic N) is 3. The van der Waals surface area contributed by atoms with Gasteiger partial charge in [0, 0.05) is 28.8 Å². The fraction of sp³-hybridized carbons (Fsp3) is 0.0741. The molecule has 184 valence electrons. The Morgan fingerprint density at radius 2 is 1.95 bits per heavy atom. The maximum Gasteiger partial charge on any atom is 0.270 e. The van der Waals surface area contributed by atoms with Crippen LogP contribution in [-0.2, 0) is 4.79 Å². The number of methoxy groups -OCH3 is 1. The van der Waals surface area contributed by atoms with Gasteiger partial charge in [0.1, 0.15) is 11.1 Å². The van der Waals surface area contributed by atoms with Gasteiger partial charge in [-0.1, -0.05) is 36.4 Å². The minimum absolute atomic E-state index is 0.0324. The van der Waals surface area contributed by atoms with E-state index in [1.165, 1.54) is 30.6 Å². The number of amides is 1. The monoisotopic (exact) mass is 512 g/mol. The Hall–Kier alpha value is -5.01. The second kappa shape index (κ2) is 11.6. The smallest absolute Gasteiger partial charge is 0.270 e. The van der Waals surface area contributed by atoms with E-state index in [-0.39, 0.29) is 18.2 Å². The summed E-state index contributed by atoms with van der Waals surface area (Å²) in [6.45, 7) is -0.205. The Morgan fingerprint density at radius 1 is 1.14 bits per heavy atom. The predicted molar refractivity (Wildman–Crippen MR) is 141 cm³/mol. The fourth-order valence-corrected chi connectivity index (χ4v) is 4.17. The van der Waals surface area contributed by atoms with Gasteiger partial charge >= 0.3 is 0 Å². The van der Waals surface area contributed by atoms with Crippen molar-refractivity contribution in [2.75, 3.05) is 19.0 Å². The normalized spacial score (nSPS) is 10.9. The number of nitro groups is 1. The number of benzene rings is 3. The lowest BCUT2D eigenvalue weighted by Gasteiger charge is -2.11. The molecule has 0 aliphatic rings. The van der Waals surface area contributed by atoms with Gasteiger partial charge < -0.3 is 14.8 Å². The summed E-state index contributed by atoms with van der Waals surface area (Å²) in [6, 6.07) is 22.5. The van der Waals surface area contributed by atoms with Crippen molar-refractivity contribution in [1.82, 2.24) is 4.98 Å². The lowest BCUT2D eigenvalue weighted by molar-refractivity contribution is -0.384. The number of non-ortho nitro benzene ring substituents is 1. The molecule has 0 radical (unpaired) electrons. The molecule has 10 heteroatoms. The molecule has 0 fully saturated rings. The Kier molecular flexibility index (Phi) is 7.88. The number of anilines is 1. The maximum absolute atomic E-state index is 12.2. The molecule has 1 aromatic heterocycles. The number of carbonyl (C=O) groups excluding carboxylic acids is 1. The van der Waals surface area contributed by atoms with Gasteiger partial charge in [0.15, 0.2) is 18.1 Å². The van der Waals surface area contributed by atoms with Crippen LogP contribution < -0.4 is 14.8 Å². The van der Waals surface area contributed by atoms with Crippen molar-refractivity contribution in [1.29, 1.82) is 5.26 Å². The van der Waals surface area contributed by atoms with Gasteiger partial charge in [-0.15, -0.1) is 11.3 Å². The number of nitrogens with one attached hydrogen (secondary N) is 1. The maximum atomic E-state index is 12.2. The van der Waals surface area contributed by atoms with Crippen LogP contribution in [0, 0.1) is 21.4 Å². The standard InChI is InChI=1S/C27H20N4O5S/c1-35-25-13-18(10-11-24(25)36-16-26(32)29-21-7-3-2-4-8-21)12-20(15-28)27-30-23(17-37-27)19-6-5-9-22(14-19)31(33)34/h2-14,17H,16H2,1H3,(H,29,32). The van der Waals surface area contributed by atoms with Crippen LogP contribution in [0.1, 0.15) is 10.6 Å². The Bertz CT molecular complexity index is 1510. The molecule has 0 atom stereocenters. The number of rotatable bonds is 9. The average molecular weight is 513 g/mol. The molecule has 0 saturated heterocycles. The van der Waals surface area contributed by atoms with Crippen molar-refractivity contribution in [3.05, 3.63) is 98.9 Å². The SMILES string of the molecule is COc1cc(C=C(C#N)c2nc(-c3cccc([N+](=O)[O-])c3)cs2)ccc1OCC(=O)Nc1ccccc1. The summed E-state index contributed by atoms with van der Waals surface area (Å²) in [7, 11) is 1.48. The van der Waals surface area contributed by atoms with Crippen molar-refractivity contribution >= 4 is 40.3 Å². The molecular weight excluding hydrogens is 492 g/mol. The van der Waals surface area contributed by atoms with Crippen LogP contribution in [0.3, 0.4) is 0 Å². The second-order valence-corrected chi connectivity index (χ2v) is 8.49. The zero-order chi connectivity index (χ0) is 26.2. The molecule has 3 aromatic carbocycles. The number of para-hydroxylation sites is 1. The van der Waals surface area contributed by atoms with Crippen molar-refractivity contribution in [3.8, 4) is 28.8 Å². The molecule has 0 aliphatic heterocycles. The molecule has 1 amide bonds. The first-order chi connectivity index (χ1) is 18.0. The molecule has 37 heavy (non-hydrogen) atoms. The van der Waals surface area contributed by atoms with Crippen LogP contribution in [0.5, 0.6) is 11.5 Å². The lowest BCUT2D eigenvalue weighted by atomic mass is 10.1. The quantitative estimate of drug-likeness (QED) is 0.170. The summed E-state index contributed by atoms with van der Waals surface area (Å²) in [5.74, 6) is 0.464. The number of allylic oxidation sites excluding steroid dienone is 1. The summed E-state index contributed by atoms with van der Waals surface area (Å²) < 4.78 is 11.0. The molecule has 4 rings (SSSR count). The van der Waals surface area contributed by atoms with E-state index in [2.05, 4.69) is 16.4 Å². The molecule has 0 spiro atoms. The molecule has 1 heterocycles. The molecule has 4 aromatic rings. The largest absolute Gasteiger partial charge is 0.493 e. The van der Waals surface area contributed by atoms with E-state index in [1.807, 2.05) is 18.2 Å². The van der Waals surface area contributed by atoms with Crippen LogP contribution in [0.15, 0.2) is 78.2 Å². The third-order valence-electron chi connectivity index (χ3n) is 5.12. The number of aromatic nitrogens is 1. The molecule has 9 nitrogen and oxygen atoms in total. The minimum Gasteiger partial charge on any atom is -0.493 e. The third kappa shape index (κ3) is 6.36.